The van der Waals surface area contributed by atoms with E-state index in [1.54, 1.807) is 19.2 Å². The molecule has 0 aromatic heterocycles. The van der Waals surface area contributed by atoms with E-state index in [2.05, 4.69) is 22.0 Å². The van der Waals surface area contributed by atoms with Crippen LogP contribution in [-0.4, -0.2) is 7.11 Å². The lowest BCUT2D eigenvalue weighted by Gasteiger charge is -2.07. The highest BCUT2D eigenvalue weighted by Gasteiger charge is 2.07. The molecule has 0 aliphatic heterocycles. The molecule has 0 N–H and O–H groups in total. The fourth-order valence-corrected chi connectivity index (χ4v) is 1.74. The SMILES string of the molecule is COc1cc(Cl)cc(CC#N)c1Br. The molecule has 0 spiro atoms. The maximum absolute atomic E-state index is 8.54. The zero-order valence-electron chi connectivity index (χ0n) is 6.97. The number of benzene rings is 1. The number of methoxy groups -OCH3 is 1. The second-order valence-electron chi connectivity index (χ2n) is 2.42. The van der Waals surface area contributed by atoms with Crippen LogP contribution in [0.4, 0.5) is 0 Å². The molecule has 0 bridgehead atoms. The maximum Gasteiger partial charge on any atom is 0.134 e. The molecule has 0 saturated heterocycles. The average molecular weight is 261 g/mol. The molecule has 4 heteroatoms. The largest absolute Gasteiger partial charge is 0.496 e. The van der Waals surface area contributed by atoms with Gasteiger partial charge in [0, 0.05) is 5.02 Å². The summed E-state index contributed by atoms with van der Waals surface area (Å²) in [5, 5.41) is 9.12. The van der Waals surface area contributed by atoms with Crippen LogP contribution in [-0.2, 0) is 6.42 Å². The molecule has 0 amide bonds. The van der Waals surface area contributed by atoms with Gasteiger partial charge in [-0.1, -0.05) is 11.6 Å². The third-order valence-electron chi connectivity index (χ3n) is 1.57. The third-order valence-corrected chi connectivity index (χ3v) is 2.69. The van der Waals surface area contributed by atoms with Gasteiger partial charge >= 0.3 is 0 Å². The predicted octanol–water partition coefficient (Wildman–Crippen LogP) is 3.18. The first-order valence-corrected chi connectivity index (χ1v) is 4.75. The molecule has 0 atom stereocenters. The molecular formula is C9H7BrClNO. The Morgan fingerprint density at radius 3 is 2.85 bits per heavy atom. The molecular weight excluding hydrogens is 253 g/mol. The van der Waals surface area contributed by atoms with Crippen molar-refractivity contribution >= 4 is 27.5 Å². The Bertz CT molecular complexity index is 359. The van der Waals surface area contributed by atoms with Crippen LogP contribution in [0.15, 0.2) is 16.6 Å². The van der Waals surface area contributed by atoms with E-state index in [1.807, 2.05) is 0 Å². The van der Waals surface area contributed by atoms with E-state index in [9.17, 15) is 0 Å². The first-order valence-electron chi connectivity index (χ1n) is 3.58. The van der Waals surface area contributed by atoms with Gasteiger partial charge in [-0.2, -0.15) is 5.26 Å². The molecule has 1 aromatic carbocycles. The van der Waals surface area contributed by atoms with Crippen LogP contribution in [0.1, 0.15) is 5.56 Å². The van der Waals surface area contributed by atoms with E-state index in [0.29, 0.717) is 17.2 Å². The Labute approximate surface area is 90.2 Å². The zero-order chi connectivity index (χ0) is 9.84. The Morgan fingerprint density at radius 1 is 1.62 bits per heavy atom. The smallest absolute Gasteiger partial charge is 0.134 e. The summed E-state index contributed by atoms with van der Waals surface area (Å²) in [6, 6.07) is 5.51. The number of hydrogen-bond donors (Lipinski definition) is 0. The first-order chi connectivity index (χ1) is 6.19. The number of ether oxygens (including phenoxy) is 1. The van der Waals surface area contributed by atoms with Crippen molar-refractivity contribution in [1.29, 1.82) is 5.26 Å². The van der Waals surface area contributed by atoms with Crippen molar-refractivity contribution in [1.82, 2.24) is 0 Å². The lowest BCUT2D eigenvalue weighted by molar-refractivity contribution is 0.411. The van der Waals surface area contributed by atoms with E-state index in [1.165, 1.54) is 0 Å². The van der Waals surface area contributed by atoms with Gasteiger partial charge < -0.3 is 4.74 Å². The highest BCUT2D eigenvalue weighted by atomic mass is 79.9. The first kappa shape index (κ1) is 10.4. The fraction of sp³-hybridized carbons (Fsp3) is 0.222. The lowest BCUT2D eigenvalue weighted by atomic mass is 10.1. The Morgan fingerprint density at radius 2 is 2.31 bits per heavy atom. The minimum Gasteiger partial charge on any atom is -0.496 e. The molecule has 0 heterocycles. The van der Waals surface area contributed by atoms with Gasteiger partial charge in [-0.15, -0.1) is 0 Å². The quantitative estimate of drug-likeness (QED) is 0.818. The van der Waals surface area contributed by atoms with E-state index in [4.69, 9.17) is 21.6 Å². The highest BCUT2D eigenvalue weighted by molar-refractivity contribution is 9.10. The highest BCUT2D eigenvalue weighted by Crippen LogP contribution is 2.32. The van der Waals surface area contributed by atoms with Crippen LogP contribution in [0.2, 0.25) is 5.02 Å². The fourth-order valence-electron chi connectivity index (χ4n) is 0.981. The van der Waals surface area contributed by atoms with Crippen molar-refractivity contribution in [3.05, 3.63) is 27.2 Å². The molecule has 1 aromatic rings. The summed E-state index contributed by atoms with van der Waals surface area (Å²) in [5.74, 6) is 0.651. The standard InChI is InChI=1S/C9H7BrClNO/c1-13-8-5-7(11)4-6(2-3-12)9(8)10/h4-5H,2H2,1H3. The van der Waals surface area contributed by atoms with Gasteiger partial charge in [0.25, 0.3) is 0 Å². The molecule has 0 aliphatic rings. The number of halogens is 2. The van der Waals surface area contributed by atoms with Gasteiger partial charge in [-0.05, 0) is 33.6 Å². The van der Waals surface area contributed by atoms with Crippen molar-refractivity contribution in [3.8, 4) is 11.8 Å². The Kier molecular flexibility index (Phi) is 3.58. The molecule has 0 unspecified atom stereocenters. The summed E-state index contributed by atoms with van der Waals surface area (Å²) in [5.41, 5.74) is 0.840. The molecule has 0 saturated carbocycles. The lowest BCUT2D eigenvalue weighted by Crippen LogP contribution is -1.90. The van der Waals surface area contributed by atoms with Gasteiger partial charge in [0.05, 0.1) is 24.1 Å². The van der Waals surface area contributed by atoms with Crippen LogP contribution in [0.3, 0.4) is 0 Å². The van der Waals surface area contributed by atoms with Gasteiger partial charge in [0.15, 0.2) is 0 Å². The summed E-state index contributed by atoms with van der Waals surface area (Å²) in [6.07, 6.45) is 0.317. The van der Waals surface area contributed by atoms with Crippen molar-refractivity contribution < 1.29 is 4.74 Å². The van der Waals surface area contributed by atoms with E-state index >= 15 is 0 Å². The van der Waals surface area contributed by atoms with Gasteiger partial charge in [-0.25, -0.2) is 0 Å². The Balaban J connectivity index is 3.20. The Hall–Kier alpha value is -0.720. The molecule has 68 valence electrons. The molecule has 0 aliphatic carbocycles. The number of rotatable bonds is 2. The normalized spacial score (nSPS) is 9.38. The molecule has 2 nitrogen and oxygen atoms in total. The second-order valence-corrected chi connectivity index (χ2v) is 3.65. The van der Waals surface area contributed by atoms with Crippen molar-refractivity contribution in [2.75, 3.05) is 7.11 Å². The predicted molar refractivity (Wildman–Crippen MR) is 55.0 cm³/mol. The van der Waals surface area contributed by atoms with Crippen LogP contribution in [0, 0.1) is 11.3 Å². The summed E-state index contributed by atoms with van der Waals surface area (Å²) in [4.78, 5) is 0. The molecule has 1 rings (SSSR count). The van der Waals surface area contributed by atoms with E-state index in [0.717, 1.165) is 10.0 Å². The van der Waals surface area contributed by atoms with Crippen LogP contribution in [0.25, 0.3) is 0 Å². The third kappa shape index (κ3) is 2.36. The van der Waals surface area contributed by atoms with Crippen molar-refractivity contribution in [2.24, 2.45) is 0 Å². The topological polar surface area (TPSA) is 33.0 Å². The maximum atomic E-state index is 8.54. The monoisotopic (exact) mass is 259 g/mol. The van der Waals surface area contributed by atoms with Crippen LogP contribution in [0.5, 0.6) is 5.75 Å². The summed E-state index contributed by atoms with van der Waals surface area (Å²) >= 11 is 9.17. The second kappa shape index (κ2) is 4.50. The minimum atomic E-state index is 0.317. The van der Waals surface area contributed by atoms with E-state index in [-0.39, 0.29) is 0 Å². The summed E-state index contributed by atoms with van der Waals surface area (Å²) in [6.45, 7) is 0. The molecule has 13 heavy (non-hydrogen) atoms. The molecule has 0 fully saturated rings. The summed E-state index contributed by atoms with van der Waals surface area (Å²) < 4.78 is 5.86. The molecule has 0 radical (unpaired) electrons. The van der Waals surface area contributed by atoms with Gasteiger partial charge in [-0.3, -0.25) is 0 Å². The summed E-state index contributed by atoms with van der Waals surface area (Å²) in [7, 11) is 1.56. The van der Waals surface area contributed by atoms with Crippen LogP contribution >= 0.6 is 27.5 Å². The van der Waals surface area contributed by atoms with Crippen LogP contribution < -0.4 is 4.74 Å². The minimum absolute atomic E-state index is 0.317. The number of nitrogens with zero attached hydrogens (tertiary/aromatic N) is 1. The number of nitriles is 1. The van der Waals surface area contributed by atoms with Crippen molar-refractivity contribution in [2.45, 2.75) is 6.42 Å². The van der Waals surface area contributed by atoms with Crippen molar-refractivity contribution in [3.63, 3.8) is 0 Å². The van der Waals surface area contributed by atoms with E-state index < -0.39 is 0 Å². The van der Waals surface area contributed by atoms with Gasteiger partial charge in [0.2, 0.25) is 0 Å². The number of hydrogen-bond acceptors (Lipinski definition) is 2. The van der Waals surface area contributed by atoms with Gasteiger partial charge in [0.1, 0.15) is 5.75 Å². The average Bonchev–Trinajstić information content (AvgIpc) is 2.11. The zero-order valence-corrected chi connectivity index (χ0v) is 9.32.